The molecule has 1 aromatic carbocycles. The Morgan fingerprint density at radius 3 is 2.76 bits per heavy atom. The molecule has 118 valence electrons. The summed E-state index contributed by atoms with van der Waals surface area (Å²) < 4.78 is 23.1. The number of nitrogens with one attached hydrogen (secondary N) is 1. The van der Waals surface area contributed by atoms with Crippen LogP contribution >= 0.6 is 0 Å². The zero-order chi connectivity index (χ0) is 15.3. The van der Waals surface area contributed by atoms with Crippen LogP contribution in [-0.4, -0.2) is 44.5 Å². The van der Waals surface area contributed by atoms with Gasteiger partial charge < -0.3 is 5.32 Å². The minimum Gasteiger partial charge on any atom is -0.313 e. The second kappa shape index (κ2) is 7.38. The van der Waals surface area contributed by atoms with Crippen molar-refractivity contribution >= 4 is 9.84 Å². The first kappa shape index (κ1) is 16.5. The minimum atomic E-state index is -2.81. The Morgan fingerprint density at radius 1 is 1.33 bits per heavy atom. The lowest BCUT2D eigenvalue weighted by atomic mass is 10.1. The average molecular weight is 310 g/mol. The van der Waals surface area contributed by atoms with E-state index in [-0.39, 0.29) is 6.04 Å². The molecule has 4 nitrogen and oxygen atoms in total. The first-order valence-corrected chi connectivity index (χ1v) is 9.51. The molecule has 1 atom stereocenters. The molecule has 1 N–H and O–H groups in total. The Labute approximate surface area is 128 Å². The maximum atomic E-state index is 11.6. The molecule has 0 aliphatic carbocycles. The van der Waals surface area contributed by atoms with E-state index in [4.69, 9.17) is 0 Å². The fourth-order valence-corrected chi connectivity index (χ4v) is 4.59. The first-order chi connectivity index (χ1) is 10.00. The van der Waals surface area contributed by atoms with Gasteiger partial charge in [0.2, 0.25) is 0 Å². The molecule has 0 bridgehead atoms. The van der Waals surface area contributed by atoms with E-state index < -0.39 is 9.84 Å². The molecular weight excluding hydrogens is 284 g/mol. The van der Waals surface area contributed by atoms with Crippen LogP contribution in [0.1, 0.15) is 30.9 Å². The Bertz CT molecular complexity index is 557. The summed E-state index contributed by atoms with van der Waals surface area (Å²) in [4.78, 5) is 2.17. The predicted octanol–water partition coefficient (Wildman–Crippen LogP) is 1.81. The van der Waals surface area contributed by atoms with Crippen LogP contribution in [-0.2, 0) is 22.9 Å². The number of nitrogens with zero attached hydrogens (tertiary/aromatic N) is 1. The molecule has 0 aromatic heterocycles. The zero-order valence-corrected chi connectivity index (χ0v) is 13.8. The average Bonchev–Trinajstić information content (AvgIpc) is 2.80. The van der Waals surface area contributed by atoms with Gasteiger partial charge in [-0.05, 0) is 37.6 Å². The van der Waals surface area contributed by atoms with Gasteiger partial charge in [0.25, 0.3) is 0 Å². The summed E-state index contributed by atoms with van der Waals surface area (Å²) in [5.74, 6) is 0.643. The van der Waals surface area contributed by atoms with Gasteiger partial charge >= 0.3 is 0 Å². The predicted molar refractivity (Wildman–Crippen MR) is 87.0 cm³/mol. The van der Waals surface area contributed by atoms with E-state index in [1.54, 1.807) is 0 Å². The maximum Gasteiger partial charge on any atom is 0.151 e. The third-order valence-electron chi connectivity index (χ3n) is 4.01. The second-order valence-corrected chi connectivity index (χ2v) is 8.20. The van der Waals surface area contributed by atoms with Crippen molar-refractivity contribution in [2.45, 2.75) is 38.9 Å². The van der Waals surface area contributed by atoms with Crippen LogP contribution < -0.4 is 5.32 Å². The highest BCUT2D eigenvalue weighted by Gasteiger charge is 2.30. The van der Waals surface area contributed by atoms with Gasteiger partial charge in [0.1, 0.15) is 0 Å². The molecule has 1 fully saturated rings. The molecule has 1 saturated heterocycles. The topological polar surface area (TPSA) is 49.4 Å². The first-order valence-electron chi connectivity index (χ1n) is 7.69. The molecule has 0 saturated carbocycles. The van der Waals surface area contributed by atoms with Crippen molar-refractivity contribution in [2.75, 3.05) is 25.1 Å². The van der Waals surface area contributed by atoms with Gasteiger partial charge in [-0.15, -0.1) is 0 Å². The number of hydrogen-bond donors (Lipinski definition) is 1. The third kappa shape index (κ3) is 5.09. The summed E-state index contributed by atoms with van der Waals surface area (Å²) in [6, 6.07) is 8.70. The van der Waals surface area contributed by atoms with Gasteiger partial charge in [0.05, 0.1) is 11.5 Å². The van der Waals surface area contributed by atoms with Crippen LogP contribution in [0.4, 0.5) is 0 Å². The molecule has 1 heterocycles. The van der Waals surface area contributed by atoms with Crippen LogP contribution in [0.25, 0.3) is 0 Å². The largest absolute Gasteiger partial charge is 0.313 e. The standard InChI is InChI=1S/C16H26N2O2S/c1-3-8-17-11-14-5-4-6-15(10-14)12-18(2)16-7-9-21(19,20)13-16/h4-6,10,16-17H,3,7-9,11-13H2,1-2H3. The van der Waals surface area contributed by atoms with Crippen molar-refractivity contribution in [3.63, 3.8) is 0 Å². The van der Waals surface area contributed by atoms with Crippen molar-refractivity contribution in [3.8, 4) is 0 Å². The monoisotopic (exact) mass is 310 g/mol. The molecule has 2 rings (SSSR count). The quantitative estimate of drug-likeness (QED) is 0.780. The molecule has 21 heavy (non-hydrogen) atoms. The Hall–Kier alpha value is -0.910. The van der Waals surface area contributed by atoms with Gasteiger partial charge in [-0.25, -0.2) is 8.42 Å². The lowest BCUT2D eigenvalue weighted by molar-refractivity contribution is 0.254. The highest BCUT2D eigenvalue weighted by molar-refractivity contribution is 7.91. The number of hydrogen-bond acceptors (Lipinski definition) is 4. The molecule has 5 heteroatoms. The molecule has 1 aliphatic rings. The van der Waals surface area contributed by atoms with Crippen molar-refractivity contribution < 1.29 is 8.42 Å². The second-order valence-electron chi connectivity index (χ2n) is 5.97. The number of rotatable bonds is 7. The van der Waals surface area contributed by atoms with E-state index in [2.05, 4.69) is 41.4 Å². The van der Waals surface area contributed by atoms with E-state index in [1.807, 2.05) is 7.05 Å². The van der Waals surface area contributed by atoms with Crippen LogP contribution in [0.15, 0.2) is 24.3 Å². The van der Waals surface area contributed by atoms with Gasteiger partial charge in [0.15, 0.2) is 9.84 Å². The van der Waals surface area contributed by atoms with Gasteiger partial charge in [-0.1, -0.05) is 31.2 Å². The minimum absolute atomic E-state index is 0.164. The van der Waals surface area contributed by atoms with E-state index in [9.17, 15) is 8.42 Å². The summed E-state index contributed by atoms with van der Waals surface area (Å²) in [5.41, 5.74) is 2.53. The van der Waals surface area contributed by atoms with Gasteiger partial charge in [0, 0.05) is 19.1 Å². The molecule has 1 unspecified atom stereocenters. The van der Waals surface area contributed by atoms with Crippen molar-refractivity contribution in [3.05, 3.63) is 35.4 Å². The Morgan fingerprint density at radius 2 is 2.10 bits per heavy atom. The van der Waals surface area contributed by atoms with E-state index in [0.717, 1.165) is 32.5 Å². The Balaban J connectivity index is 1.91. The van der Waals surface area contributed by atoms with E-state index in [1.165, 1.54) is 11.1 Å². The van der Waals surface area contributed by atoms with Gasteiger partial charge in [-0.3, -0.25) is 4.90 Å². The summed E-state index contributed by atoms with van der Waals surface area (Å²) in [6.07, 6.45) is 1.90. The fourth-order valence-electron chi connectivity index (χ4n) is 2.79. The van der Waals surface area contributed by atoms with Crippen molar-refractivity contribution in [1.29, 1.82) is 0 Å². The summed E-state index contributed by atoms with van der Waals surface area (Å²) in [6.45, 7) is 4.89. The summed E-state index contributed by atoms with van der Waals surface area (Å²) in [7, 11) is -0.786. The highest BCUT2D eigenvalue weighted by atomic mass is 32.2. The lowest BCUT2D eigenvalue weighted by Crippen LogP contribution is -2.32. The number of benzene rings is 1. The van der Waals surface area contributed by atoms with Gasteiger partial charge in [-0.2, -0.15) is 0 Å². The smallest absolute Gasteiger partial charge is 0.151 e. The summed E-state index contributed by atoms with van der Waals surface area (Å²) in [5, 5.41) is 3.40. The molecule has 0 radical (unpaired) electrons. The highest BCUT2D eigenvalue weighted by Crippen LogP contribution is 2.18. The normalized spacial score (nSPS) is 21.0. The zero-order valence-electron chi connectivity index (χ0n) is 13.0. The van der Waals surface area contributed by atoms with Crippen LogP contribution in [0.2, 0.25) is 0 Å². The lowest BCUT2D eigenvalue weighted by Gasteiger charge is -2.23. The maximum absolute atomic E-state index is 11.6. The molecule has 1 aromatic rings. The fraction of sp³-hybridized carbons (Fsp3) is 0.625. The Kier molecular flexibility index (Phi) is 5.79. The summed E-state index contributed by atoms with van der Waals surface area (Å²) >= 11 is 0. The van der Waals surface area contributed by atoms with E-state index >= 15 is 0 Å². The molecule has 1 aliphatic heterocycles. The molecular formula is C16H26N2O2S. The SMILES string of the molecule is CCCNCc1cccc(CN(C)C2CCS(=O)(=O)C2)c1. The molecule has 0 spiro atoms. The van der Waals surface area contributed by atoms with Crippen molar-refractivity contribution in [1.82, 2.24) is 10.2 Å². The van der Waals surface area contributed by atoms with Crippen molar-refractivity contribution in [2.24, 2.45) is 0 Å². The molecule has 0 amide bonds. The third-order valence-corrected chi connectivity index (χ3v) is 5.76. The van der Waals surface area contributed by atoms with Crippen LogP contribution in [0, 0.1) is 0 Å². The van der Waals surface area contributed by atoms with E-state index in [0.29, 0.717) is 11.5 Å². The van der Waals surface area contributed by atoms with Crippen LogP contribution in [0.5, 0.6) is 0 Å². The number of sulfone groups is 1. The van der Waals surface area contributed by atoms with Crippen LogP contribution in [0.3, 0.4) is 0 Å².